The predicted molar refractivity (Wildman–Crippen MR) is 70.6 cm³/mol. The van der Waals surface area contributed by atoms with Gasteiger partial charge < -0.3 is 14.2 Å². The number of carbonyl (C=O) groups excluding carboxylic acids is 1. The Labute approximate surface area is 113 Å². The molecule has 1 aliphatic rings. The summed E-state index contributed by atoms with van der Waals surface area (Å²) in [6.45, 7) is 0. The number of ketones is 1. The highest BCUT2D eigenvalue weighted by Crippen LogP contribution is 2.37. The molecule has 4 heteroatoms. The van der Waals surface area contributed by atoms with Gasteiger partial charge in [0.25, 0.3) is 5.79 Å². The van der Waals surface area contributed by atoms with E-state index in [9.17, 15) is 4.79 Å². The molecule has 0 fully saturated rings. The number of carbonyl (C=O) groups is 1. The zero-order chi connectivity index (χ0) is 13.9. The molecule has 0 amide bonds. The van der Waals surface area contributed by atoms with Crippen molar-refractivity contribution >= 4 is 5.78 Å². The molecule has 0 N–H and O–H groups in total. The van der Waals surface area contributed by atoms with Gasteiger partial charge in [0.1, 0.15) is 0 Å². The lowest BCUT2D eigenvalue weighted by molar-refractivity contribution is -0.205. The zero-order valence-corrected chi connectivity index (χ0v) is 11.4. The van der Waals surface area contributed by atoms with Gasteiger partial charge in [-0.15, -0.1) is 0 Å². The van der Waals surface area contributed by atoms with Gasteiger partial charge in [-0.3, -0.25) is 4.79 Å². The summed E-state index contributed by atoms with van der Waals surface area (Å²) in [4.78, 5) is 12.4. The van der Waals surface area contributed by atoms with E-state index >= 15 is 0 Å². The van der Waals surface area contributed by atoms with Crippen molar-refractivity contribution in [2.45, 2.75) is 18.1 Å². The summed E-state index contributed by atoms with van der Waals surface area (Å²) in [7, 11) is 4.40. The van der Waals surface area contributed by atoms with E-state index in [1.165, 1.54) is 21.3 Å². The van der Waals surface area contributed by atoms with Gasteiger partial charge in [0.2, 0.25) is 5.78 Å². The number of rotatable bonds is 4. The summed E-state index contributed by atoms with van der Waals surface area (Å²) in [5.41, 5.74) is 1.08. The molecule has 0 heterocycles. The summed E-state index contributed by atoms with van der Waals surface area (Å²) >= 11 is 0. The van der Waals surface area contributed by atoms with Crippen LogP contribution in [0.15, 0.2) is 42.2 Å². The lowest BCUT2D eigenvalue weighted by Gasteiger charge is -2.35. The van der Waals surface area contributed by atoms with Gasteiger partial charge in [-0.05, 0) is 11.6 Å². The van der Waals surface area contributed by atoms with Gasteiger partial charge in [0.05, 0.1) is 7.11 Å². The normalized spacial score (nSPS) is 21.9. The SMILES string of the molecule is COC1=CC(c2ccccc2)CC(=O)C1(OC)OC. The number of benzene rings is 1. The summed E-state index contributed by atoms with van der Waals surface area (Å²) in [6.07, 6.45) is 2.22. The average Bonchev–Trinajstić information content (AvgIpc) is 2.47. The van der Waals surface area contributed by atoms with Crippen molar-refractivity contribution in [2.75, 3.05) is 21.3 Å². The molecule has 0 aliphatic heterocycles. The van der Waals surface area contributed by atoms with Gasteiger partial charge >= 0.3 is 0 Å². The largest absolute Gasteiger partial charge is 0.495 e. The summed E-state index contributed by atoms with van der Waals surface area (Å²) < 4.78 is 15.8. The van der Waals surface area contributed by atoms with Crippen LogP contribution in [0.1, 0.15) is 17.9 Å². The van der Waals surface area contributed by atoms with E-state index in [0.29, 0.717) is 12.2 Å². The molecule has 102 valence electrons. The molecule has 0 aromatic heterocycles. The van der Waals surface area contributed by atoms with Crippen molar-refractivity contribution in [3.8, 4) is 0 Å². The standard InChI is InChI=1S/C15H18O4/c1-17-14-10-12(11-7-5-4-6-8-11)9-13(16)15(14,18-2)19-3/h4-8,10,12H,9H2,1-3H3. The van der Waals surface area contributed by atoms with Crippen LogP contribution in [0.4, 0.5) is 0 Å². The molecule has 2 rings (SSSR count). The maximum atomic E-state index is 12.4. The molecule has 19 heavy (non-hydrogen) atoms. The van der Waals surface area contributed by atoms with Crippen LogP contribution in [0.5, 0.6) is 0 Å². The van der Waals surface area contributed by atoms with E-state index in [1.54, 1.807) is 0 Å². The van der Waals surface area contributed by atoms with E-state index in [4.69, 9.17) is 14.2 Å². The Morgan fingerprint density at radius 3 is 2.26 bits per heavy atom. The number of allylic oxidation sites excluding steroid dienone is 1. The topological polar surface area (TPSA) is 44.8 Å². The first-order valence-electron chi connectivity index (χ1n) is 6.12. The van der Waals surface area contributed by atoms with Crippen LogP contribution in [0.25, 0.3) is 0 Å². The Hall–Kier alpha value is -1.65. The fourth-order valence-corrected chi connectivity index (χ4v) is 2.45. The fourth-order valence-electron chi connectivity index (χ4n) is 2.45. The quantitative estimate of drug-likeness (QED) is 0.781. The molecule has 1 aromatic carbocycles. The first-order valence-corrected chi connectivity index (χ1v) is 6.12. The lowest BCUT2D eigenvalue weighted by atomic mass is 9.84. The van der Waals surface area contributed by atoms with Crippen molar-refractivity contribution in [1.82, 2.24) is 0 Å². The van der Waals surface area contributed by atoms with E-state index < -0.39 is 5.79 Å². The van der Waals surface area contributed by atoms with E-state index in [2.05, 4.69) is 0 Å². The summed E-state index contributed by atoms with van der Waals surface area (Å²) in [5.74, 6) is -1.14. The highest BCUT2D eigenvalue weighted by Gasteiger charge is 2.48. The maximum Gasteiger partial charge on any atom is 0.288 e. The molecule has 1 aromatic rings. The molecule has 4 nitrogen and oxygen atoms in total. The first kappa shape index (κ1) is 13.8. The van der Waals surface area contributed by atoms with Gasteiger partial charge in [0, 0.05) is 26.6 Å². The lowest BCUT2D eigenvalue weighted by Crippen LogP contribution is -2.48. The second-order valence-corrected chi connectivity index (χ2v) is 4.40. The third-order valence-electron chi connectivity index (χ3n) is 3.47. The molecule has 0 radical (unpaired) electrons. The van der Waals surface area contributed by atoms with Crippen LogP contribution >= 0.6 is 0 Å². The highest BCUT2D eigenvalue weighted by atomic mass is 16.7. The number of methoxy groups -OCH3 is 3. The average molecular weight is 262 g/mol. The van der Waals surface area contributed by atoms with E-state index in [0.717, 1.165) is 5.56 Å². The number of ether oxygens (including phenoxy) is 3. The molecule has 0 bridgehead atoms. The van der Waals surface area contributed by atoms with Crippen molar-refractivity contribution in [3.05, 3.63) is 47.7 Å². The van der Waals surface area contributed by atoms with Crippen molar-refractivity contribution in [2.24, 2.45) is 0 Å². The molecule has 1 unspecified atom stereocenters. The van der Waals surface area contributed by atoms with Gasteiger partial charge in [-0.25, -0.2) is 0 Å². The third kappa shape index (κ3) is 2.29. The monoisotopic (exact) mass is 262 g/mol. The molecule has 0 spiro atoms. The maximum absolute atomic E-state index is 12.4. The smallest absolute Gasteiger partial charge is 0.288 e. The first-order chi connectivity index (χ1) is 9.17. The minimum atomic E-state index is -1.40. The Kier molecular flexibility index (Phi) is 4.02. The number of Topliss-reactive ketones (excluding diaryl/α,β-unsaturated/α-hetero) is 1. The van der Waals surface area contributed by atoms with Crippen LogP contribution in [0, 0.1) is 0 Å². The fraction of sp³-hybridized carbons (Fsp3) is 0.400. The van der Waals surface area contributed by atoms with Crippen LogP contribution in [-0.4, -0.2) is 32.9 Å². The second kappa shape index (κ2) is 5.55. The Bertz CT molecular complexity index is 474. The second-order valence-electron chi connectivity index (χ2n) is 4.40. The van der Waals surface area contributed by atoms with Crippen molar-refractivity contribution in [3.63, 3.8) is 0 Å². The predicted octanol–water partition coefficient (Wildman–Crippen LogP) is 2.26. The van der Waals surface area contributed by atoms with Crippen LogP contribution in [0.3, 0.4) is 0 Å². The zero-order valence-electron chi connectivity index (χ0n) is 11.4. The Balaban J connectivity index is 2.41. The Morgan fingerprint density at radius 2 is 1.74 bits per heavy atom. The molecule has 1 aliphatic carbocycles. The highest BCUT2D eigenvalue weighted by molar-refractivity contribution is 5.91. The molecule has 0 saturated carbocycles. The molecular formula is C15H18O4. The van der Waals surface area contributed by atoms with Gasteiger partial charge in [-0.2, -0.15) is 0 Å². The minimum absolute atomic E-state index is 0.0120. The molecule has 0 saturated heterocycles. The molecular weight excluding hydrogens is 244 g/mol. The van der Waals surface area contributed by atoms with Gasteiger partial charge in [-0.1, -0.05) is 30.3 Å². The van der Waals surface area contributed by atoms with Crippen LogP contribution in [-0.2, 0) is 19.0 Å². The third-order valence-corrected chi connectivity index (χ3v) is 3.47. The van der Waals surface area contributed by atoms with Crippen molar-refractivity contribution in [1.29, 1.82) is 0 Å². The summed E-state index contributed by atoms with van der Waals surface area (Å²) in [6, 6.07) is 9.84. The Morgan fingerprint density at radius 1 is 1.11 bits per heavy atom. The van der Waals surface area contributed by atoms with Crippen LogP contribution in [0.2, 0.25) is 0 Å². The van der Waals surface area contributed by atoms with E-state index in [1.807, 2.05) is 36.4 Å². The summed E-state index contributed by atoms with van der Waals surface area (Å²) in [5, 5.41) is 0. The number of hydrogen-bond acceptors (Lipinski definition) is 4. The minimum Gasteiger partial charge on any atom is -0.495 e. The number of hydrogen-bond donors (Lipinski definition) is 0. The van der Waals surface area contributed by atoms with Gasteiger partial charge in [0.15, 0.2) is 5.76 Å². The molecule has 1 atom stereocenters. The van der Waals surface area contributed by atoms with Crippen molar-refractivity contribution < 1.29 is 19.0 Å². The van der Waals surface area contributed by atoms with Crippen LogP contribution < -0.4 is 0 Å². The van der Waals surface area contributed by atoms with E-state index in [-0.39, 0.29) is 11.7 Å².